The summed E-state index contributed by atoms with van der Waals surface area (Å²) in [6, 6.07) is 4.45. The first-order valence-corrected chi connectivity index (χ1v) is 10.2. The number of carbonyl (C=O) groups excluding carboxylic acids is 5. The third kappa shape index (κ3) is 6.37. The number of primary amides is 1. The zero-order valence-corrected chi connectivity index (χ0v) is 17.6. The van der Waals surface area contributed by atoms with Crippen molar-refractivity contribution in [2.24, 2.45) is 5.73 Å². The van der Waals surface area contributed by atoms with E-state index in [-0.39, 0.29) is 37.6 Å². The number of nitrogens with zero attached hydrogens (tertiary/aromatic N) is 1. The second-order valence-electron chi connectivity index (χ2n) is 7.45. The Hall–Kier alpha value is -3.76. The van der Waals surface area contributed by atoms with E-state index in [2.05, 4.69) is 10.6 Å². The summed E-state index contributed by atoms with van der Waals surface area (Å²) in [5, 5.41) is 13.5. The summed E-state index contributed by atoms with van der Waals surface area (Å²) in [6.07, 6.45) is 0.365. The van der Waals surface area contributed by atoms with Crippen LogP contribution in [0.5, 0.6) is 0 Å². The number of carboxylic acids is 1. The van der Waals surface area contributed by atoms with Gasteiger partial charge in [-0.1, -0.05) is 12.1 Å². The highest BCUT2D eigenvalue weighted by molar-refractivity contribution is 6.21. The molecule has 32 heavy (non-hydrogen) atoms. The zero-order valence-electron chi connectivity index (χ0n) is 17.6. The maximum atomic E-state index is 12.3. The fourth-order valence-electron chi connectivity index (χ4n) is 3.23. The van der Waals surface area contributed by atoms with Gasteiger partial charge in [-0.25, -0.2) is 0 Å². The number of rotatable bonds is 12. The molecule has 1 heterocycles. The molecule has 11 nitrogen and oxygen atoms in total. The number of benzene rings is 1. The highest BCUT2D eigenvalue weighted by atomic mass is 16.4. The van der Waals surface area contributed by atoms with Crippen LogP contribution in [0.3, 0.4) is 0 Å². The van der Waals surface area contributed by atoms with Crippen molar-refractivity contribution in [1.82, 2.24) is 15.5 Å². The van der Waals surface area contributed by atoms with E-state index in [1.165, 1.54) is 6.92 Å². The number of aliphatic carboxylic acids is 1. The van der Waals surface area contributed by atoms with Crippen molar-refractivity contribution in [3.63, 3.8) is 0 Å². The summed E-state index contributed by atoms with van der Waals surface area (Å²) in [7, 11) is 0. The van der Waals surface area contributed by atoms with Gasteiger partial charge in [-0.2, -0.15) is 0 Å². The molecule has 11 heteroatoms. The molecule has 0 unspecified atom stereocenters. The number of imide groups is 1. The molecule has 2 rings (SSSR count). The number of unbranched alkanes of at least 4 members (excludes halogenated alkanes) is 1. The van der Waals surface area contributed by atoms with E-state index >= 15 is 0 Å². The van der Waals surface area contributed by atoms with Crippen LogP contribution in [0.2, 0.25) is 0 Å². The molecule has 1 aromatic rings. The Labute approximate surface area is 184 Å². The van der Waals surface area contributed by atoms with E-state index in [9.17, 15) is 28.8 Å². The van der Waals surface area contributed by atoms with Crippen molar-refractivity contribution in [3.8, 4) is 0 Å². The molecule has 2 atom stereocenters. The number of hydrogen-bond donors (Lipinski definition) is 4. The molecular formula is C21H26N4O7. The second kappa shape index (κ2) is 11.0. The minimum absolute atomic E-state index is 0.0685. The molecule has 0 radical (unpaired) electrons. The van der Waals surface area contributed by atoms with Crippen LogP contribution >= 0.6 is 0 Å². The monoisotopic (exact) mass is 446 g/mol. The SMILES string of the molecule is C[C@H](NC(=O)CCCCN1C(=O)c2ccccc2C1=O)C(=O)N[C@H](CCC(=O)O)C(N)=O. The van der Waals surface area contributed by atoms with Gasteiger partial charge in [0.1, 0.15) is 12.1 Å². The van der Waals surface area contributed by atoms with Gasteiger partial charge < -0.3 is 21.5 Å². The second-order valence-corrected chi connectivity index (χ2v) is 7.45. The fraction of sp³-hybridized carbons (Fsp3) is 0.429. The van der Waals surface area contributed by atoms with Gasteiger partial charge in [0.05, 0.1) is 11.1 Å². The van der Waals surface area contributed by atoms with Gasteiger partial charge in [0.15, 0.2) is 0 Å². The van der Waals surface area contributed by atoms with E-state index in [1.54, 1.807) is 24.3 Å². The largest absolute Gasteiger partial charge is 0.481 e. The number of hydrogen-bond acceptors (Lipinski definition) is 6. The average molecular weight is 446 g/mol. The van der Waals surface area contributed by atoms with Gasteiger partial charge in [-0.3, -0.25) is 33.7 Å². The highest BCUT2D eigenvalue weighted by Gasteiger charge is 2.34. The molecule has 172 valence electrons. The van der Waals surface area contributed by atoms with Gasteiger partial charge in [-0.15, -0.1) is 0 Å². The van der Waals surface area contributed by atoms with Crippen LogP contribution in [0.4, 0.5) is 0 Å². The molecule has 5 N–H and O–H groups in total. The lowest BCUT2D eigenvalue weighted by atomic mass is 10.1. The predicted molar refractivity (Wildman–Crippen MR) is 111 cm³/mol. The van der Waals surface area contributed by atoms with E-state index < -0.39 is 35.8 Å². The summed E-state index contributed by atoms with van der Waals surface area (Å²) in [4.78, 5) is 72.0. The maximum absolute atomic E-state index is 12.3. The van der Waals surface area contributed by atoms with E-state index in [4.69, 9.17) is 10.8 Å². The molecule has 0 fully saturated rings. The van der Waals surface area contributed by atoms with Gasteiger partial charge in [0.25, 0.3) is 11.8 Å². The van der Waals surface area contributed by atoms with E-state index in [0.717, 1.165) is 4.90 Å². The Morgan fingerprint density at radius 1 is 1.00 bits per heavy atom. The molecule has 1 aliphatic heterocycles. The number of carbonyl (C=O) groups is 6. The molecule has 0 saturated carbocycles. The highest BCUT2D eigenvalue weighted by Crippen LogP contribution is 2.22. The third-order valence-electron chi connectivity index (χ3n) is 4.99. The van der Waals surface area contributed by atoms with Crippen LogP contribution in [-0.4, -0.2) is 64.1 Å². The van der Waals surface area contributed by atoms with Crippen molar-refractivity contribution in [2.45, 2.75) is 51.1 Å². The Morgan fingerprint density at radius 3 is 2.12 bits per heavy atom. The van der Waals surface area contributed by atoms with E-state index in [1.807, 2.05) is 0 Å². The minimum Gasteiger partial charge on any atom is -0.481 e. The Bertz CT molecular complexity index is 895. The van der Waals surface area contributed by atoms with Crippen molar-refractivity contribution >= 4 is 35.5 Å². The minimum atomic E-state index is -1.15. The summed E-state index contributed by atoms with van der Waals surface area (Å²) < 4.78 is 0. The van der Waals surface area contributed by atoms with Crippen molar-refractivity contribution in [2.75, 3.05) is 6.54 Å². The molecule has 5 amide bonds. The van der Waals surface area contributed by atoms with Gasteiger partial charge >= 0.3 is 5.97 Å². The fourth-order valence-corrected chi connectivity index (χ4v) is 3.23. The smallest absolute Gasteiger partial charge is 0.303 e. The molecule has 0 aliphatic carbocycles. The third-order valence-corrected chi connectivity index (χ3v) is 4.99. The lowest BCUT2D eigenvalue weighted by Gasteiger charge is -2.19. The first-order chi connectivity index (χ1) is 15.1. The van der Waals surface area contributed by atoms with Crippen LogP contribution in [-0.2, 0) is 19.2 Å². The summed E-state index contributed by atoms with van der Waals surface area (Å²) in [5.74, 6) is -3.80. The van der Waals surface area contributed by atoms with Crippen LogP contribution < -0.4 is 16.4 Å². The summed E-state index contributed by atoms with van der Waals surface area (Å²) in [5.41, 5.74) is 5.90. The summed E-state index contributed by atoms with van der Waals surface area (Å²) >= 11 is 0. The molecule has 1 aliphatic rings. The van der Waals surface area contributed by atoms with Crippen LogP contribution in [0.1, 0.15) is 59.7 Å². The Balaban J connectivity index is 1.73. The summed E-state index contributed by atoms with van der Waals surface area (Å²) in [6.45, 7) is 1.60. The van der Waals surface area contributed by atoms with Gasteiger partial charge in [0, 0.05) is 19.4 Å². The molecular weight excluding hydrogens is 420 g/mol. The average Bonchev–Trinajstić information content (AvgIpc) is 2.98. The van der Waals surface area contributed by atoms with Crippen LogP contribution in [0, 0.1) is 0 Å². The number of nitrogens with one attached hydrogen (secondary N) is 2. The molecule has 0 bridgehead atoms. The predicted octanol–water partition coefficient (Wildman–Crippen LogP) is -0.207. The molecule has 0 spiro atoms. The number of amides is 5. The van der Waals surface area contributed by atoms with Crippen LogP contribution in [0.15, 0.2) is 24.3 Å². The Morgan fingerprint density at radius 2 is 1.59 bits per heavy atom. The normalized spacial score (nSPS) is 14.5. The molecule has 0 saturated heterocycles. The number of carboxylic acid groups (broad SMARTS) is 1. The molecule has 0 aromatic heterocycles. The topological polar surface area (TPSA) is 176 Å². The molecule has 1 aromatic carbocycles. The lowest BCUT2D eigenvalue weighted by Crippen LogP contribution is -2.51. The Kier molecular flexibility index (Phi) is 8.45. The number of fused-ring (bicyclic) bond motifs is 1. The standard InChI is InChI=1S/C21H26N4O7/c1-12(19(30)24-15(18(22)29)9-10-17(27)28)23-16(26)8-4-5-11-25-20(31)13-6-2-3-7-14(13)21(25)32/h2-3,6-7,12,15H,4-5,8-11H2,1H3,(H2,22,29)(H,23,26)(H,24,30)(H,27,28)/t12-,15+/m0/s1. The quantitative estimate of drug-likeness (QED) is 0.254. The first kappa shape index (κ1) is 24.5. The van der Waals surface area contributed by atoms with Crippen LogP contribution in [0.25, 0.3) is 0 Å². The van der Waals surface area contributed by atoms with Crippen molar-refractivity contribution < 1.29 is 33.9 Å². The van der Waals surface area contributed by atoms with E-state index in [0.29, 0.717) is 24.0 Å². The lowest BCUT2D eigenvalue weighted by molar-refractivity contribution is -0.137. The van der Waals surface area contributed by atoms with Crippen molar-refractivity contribution in [3.05, 3.63) is 35.4 Å². The number of nitrogens with two attached hydrogens (primary N) is 1. The van der Waals surface area contributed by atoms with Gasteiger partial charge in [0.2, 0.25) is 17.7 Å². The first-order valence-electron chi connectivity index (χ1n) is 10.2. The zero-order chi connectivity index (χ0) is 23.8. The van der Waals surface area contributed by atoms with Crippen molar-refractivity contribution in [1.29, 1.82) is 0 Å². The maximum Gasteiger partial charge on any atom is 0.303 e. The van der Waals surface area contributed by atoms with Gasteiger partial charge in [-0.05, 0) is 38.3 Å².